The molecule has 2 aliphatic heterocycles. The van der Waals surface area contributed by atoms with Crippen LogP contribution < -0.4 is 0 Å². The van der Waals surface area contributed by atoms with E-state index in [2.05, 4.69) is 149 Å². The largest absolute Gasteiger partial charge is 0.309 e. The number of para-hydroxylation sites is 4. The Bertz CT molecular complexity index is 3340. The molecule has 1 atom stereocenters. The van der Waals surface area contributed by atoms with E-state index in [1.807, 2.05) is 36.4 Å². The summed E-state index contributed by atoms with van der Waals surface area (Å²) in [4.78, 5) is 0.709. The Morgan fingerprint density at radius 1 is 0.389 bits per heavy atom. The number of sulfone groups is 1. The number of hydrogen-bond acceptors (Lipinski definition) is 2. The zero-order chi connectivity index (χ0) is 35.8. The molecular formula is C49H30N2O2S. The second kappa shape index (κ2) is 10.5. The molecule has 0 bridgehead atoms. The topological polar surface area (TPSA) is 44.0 Å². The van der Waals surface area contributed by atoms with Crippen molar-refractivity contribution < 1.29 is 8.42 Å². The first kappa shape index (κ1) is 29.8. The fourth-order valence-corrected chi connectivity index (χ4v) is 11.6. The molecule has 1 spiro atoms. The minimum Gasteiger partial charge on any atom is -0.309 e. The third-order valence-electron chi connectivity index (χ3n) is 11.9. The van der Waals surface area contributed by atoms with Gasteiger partial charge in [-0.25, -0.2) is 8.42 Å². The van der Waals surface area contributed by atoms with Crippen LogP contribution in [0.15, 0.2) is 192 Å². The van der Waals surface area contributed by atoms with Crippen LogP contribution in [0.25, 0.3) is 66.1 Å². The Morgan fingerprint density at radius 3 is 1.78 bits per heavy atom. The highest BCUT2D eigenvalue weighted by Crippen LogP contribution is 2.59. The van der Waals surface area contributed by atoms with Crippen molar-refractivity contribution in [1.82, 2.24) is 9.13 Å². The van der Waals surface area contributed by atoms with Crippen LogP contribution in [-0.4, -0.2) is 17.6 Å². The van der Waals surface area contributed by atoms with Crippen LogP contribution >= 0.6 is 0 Å². The van der Waals surface area contributed by atoms with Crippen molar-refractivity contribution in [3.8, 4) is 22.5 Å². The van der Waals surface area contributed by atoms with Crippen LogP contribution in [0.5, 0.6) is 0 Å². The van der Waals surface area contributed by atoms with Gasteiger partial charge in [0, 0.05) is 27.2 Å². The molecular weight excluding hydrogens is 681 g/mol. The van der Waals surface area contributed by atoms with Gasteiger partial charge in [0.05, 0.1) is 43.0 Å². The second-order valence-electron chi connectivity index (χ2n) is 14.5. The van der Waals surface area contributed by atoms with E-state index in [1.54, 1.807) is 6.07 Å². The van der Waals surface area contributed by atoms with Crippen molar-refractivity contribution >= 4 is 53.4 Å². The summed E-state index contributed by atoms with van der Waals surface area (Å²) in [5.74, 6) is 0. The highest BCUT2D eigenvalue weighted by Gasteiger charge is 2.53. The lowest BCUT2D eigenvalue weighted by Gasteiger charge is -2.45. The summed E-state index contributed by atoms with van der Waals surface area (Å²) in [7, 11) is -3.92. The predicted octanol–water partition coefficient (Wildman–Crippen LogP) is 11.4. The van der Waals surface area contributed by atoms with Gasteiger partial charge in [-0.05, 0) is 81.9 Å². The van der Waals surface area contributed by atoms with Crippen LogP contribution in [0.2, 0.25) is 0 Å². The summed E-state index contributed by atoms with van der Waals surface area (Å²) in [5.41, 5.74) is 11.4. The molecule has 0 amide bonds. The van der Waals surface area contributed by atoms with E-state index in [4.69, 9.17) is 0 Å². The molecule has 0 saturated heterocycles. The summed E-state index contributed by atoms with van der Waals surface area (Å²) in [6, 6.07) is 62.9. The third kappa shape index (κ3) is 3.59. The quantitative estimate of drug-likeness (QED) is 0.179. The standard InChI is InChI=1S/C49H30N2O2S/c52-54(53)46-24-11-7-19-39(46)49(38-18-6-10-23-44(38)51-43-22-9-4-15-34(43)36-17-12-20-40(49)48(36)51)41-30-45-37(29-47(41)54)35-16-5-8-21-42(35)50(45)33-27-25-32(26-28-33)31-13-2-1-3-14-31/h1-30H. The molecule has 0 N–H and O–H groups in total. The fourth-order valence-electron chi connectivity index (χ4n) is 9.78. The highest BCUT2D eigenvalue weighted by atomic mass is 32.2. The molecule has 2 aliphatic rings. The lowest BCUT2D eigenvalue weighted by atomic mass is 9.62. The van der Waals surface area contributed by atoms with Crippen molar-refractivity contribution in [2.45, 2.75) is 15.2 Å². The van der Waals surface area contributed by atoms with E-state index >= 15 is 8.42 Å². The Morgan fingerprint density at radius 2 is 0.981 bits per heavy atom. The average molecular weight is 711 g/mol. The van der Waals surface area contributed by atoms with Crippen LogP contribution in [0, 0.1) is 0 Å². The summed E-state index contributed by atoms with van der Waals surface area (Å²) in [6.45, 7) is 0. The molecule has 5 heteroatoms. The van der Waals surface area contributed by atoms with Gasteiger partial charge >= 0.3 is 0 Å². The van der Waals surface area contributed by atoms with Gasteiger partial charge in [0.1, 0.15) is 0 Å². The Labute approximate surface area is 311 Å². The van der Waals surface area contributed by atoms with E-state index in [1.165, 1.54) is 5.39 Å². The molecule has 0 fully saturated rings. The number of nitrogens with zero attached hydrogens (tertiary/aromatic N) is 2. The van der Waals surface area contributed by atoms with Gasteiger partial charge in [-0.15, -0.1) is 0 Å². The monoisotopic (exact) mass is 710 g/mol. The lowest BCUT2D eigenvalue weighted by molar-refractivity contribution is 0.578. The van der Waals surface area contributed by atoms with Gasteiger partial charge in [0.2, 0.25) is 9.84 Å². The molecule has 12 rings (SSSR count). The van der Waals surface area contributed by atoms with Gasteiger partial charge in [-0.2, -0.15) is 0 Å². The van der Waals surface area contributed by atoms with Crippen molar-refractivity contribution in [1.29, 1.82) is 0 Å². The zero-order valence-electron chi connectivity index (χ0n) is 28.9. The number of fused-ring (bicyclic) bond motifs is 14. The van der Waals surface area contributed by atoms with E-state index in [-0.39, 0.29) is 0 Å². The molecule has 8 aromatic carbocycles. The number of rotatable bonds is 2. The third-order valence-corrected chi connectivity index (χ3v) is 13.8. The molecule has 54 heavy (non-hydrogen) atoms. The minimum atomic E-state index is -3.92. The first-order chi connectivity index (χ1) is 26.6. The Kier molecular flexibility index (Phi) is 5.78. The maximum absolute atomic E-state index is 15.1. The van der Waals surface area contributed by atoms with Crippen molar-refractivity contribution in [3.63, 3.8) is 0 Å². The van der Waals surface area contributed by atoms with Crippen molar-refractivity contribution in [3.05, 3.63) is 204 Å². The molecule has 254 valence electrons. The molecule has 0 saturated carbocycles. The van der Waals surface area contributed by atoms with Gasteiger partial charge in [-0.1, -0.05) is 133 Å². The summed E-state index contributed by atoms with van der Waals surface area (Å²) >= 11 is 0. The first-order valence-corrected chi connectivity index (χ1v) is 19.8. The summed E-state index contributed by atoms with van der Waals surface area (Å²) in [6.07, 6.45) is 0. The van der Waals surface area contributed by atoms with Crippen LogP contribution in [0.4, 0.5) is 0 Å². The van der Waals surface area contributed by atoms with E-state index in [0.717, 1.165) is 83.0 Å². The van der Waals surface area contributed by atoms with Crippen molar-refractivity contribution in [2.75, 3.05) is 0 Å². The molecule has 1 unspecified atom stereocenters. The second-order valence-corrected chi connectivity index (χ2v) is 16.3. The first-order valence-electron chi connectivity index (χ1n) is 18.3. The molecule has 4 heterocycles. The minimum absolute atomic E-state index is 0.354. The normalized spacial score (nSPS) is 16.5. The molecule has 0 radical (unpaired) electrons. The van der Waals surface area contributed by atoms with E-state index < -0.39 is 15.3 Å². The summed E-state index contributed by atoms with van der Waals surface area (Å²) in [5, 5.41) is 4.24. The fraction of sp³-hybridized carbons (Fsp3) is 0.0204. The van der Waals surface area contributed by atoms with Gasteiger partial charge in [0.25, 0.3) is 0 Å². The average Bonchev–Trinajstić information content (AvgIpc) is 3.74. The molecule has 0 aliphatic carbocycles. The predicted molar refractivity (Wildman–Crippen MR) is 218 cm³/mol. The number of aromatic nitrogens is 2. The lowest BCUT2D eigenvalue weighted by Crippen LogP contribution is -2.40. The highest BCUT2D eigenvalue weighted by molar-refractivity contribution is 7.91. The van der Waals surface area contributed by atoms with Crippen LogP contribution in [-0.2, 0) is 15.3 Å². The molecule has 10 aromatic rings. The molecule has 2 aromatic heterocycles. The summed E-state index contributed by atoms with van der Waals surface area (Å²) < 4.78 is 34.8. The maximum Gasteiger partial charge on any atom is 0.207 e. The van der Waals surface area contributed by atoms with Crippen LogP contribution in [0.3, 0.4) is 0 Å². The number of hydrogen-bond donors (Lipinski definition) is 0. The molecule has 4 nitrogen and oxygen atoms in total. The number of benzene rings is 8. The van der Waals surface area contributed by atoms with Crippen molar-refractivity contribution in [2.24, 2.45) is 0 Å². The van der Waals surface area contributed by atoms with E-state index in [0.29, 0.717) is 9.79 Å². The van der Waals surface area contributed by atoms with Crippen LogP contribution in [0.1, 0.15) is 22.3 Å². The SMILES string of the molecule is O=S1(=O)c2ccccc2C2(c3ccccc3-n3c4ccccc4c4cccc2c43)c2cc3c(cc21)c1ccccc1n3-c1ccc(-c2ccccc2)cc1. The van der Waals surface area contributed by atoms with Gasteiger partial charge in [0.15, 0.2) is 0 Å². The smallest absolute Gasteiger partial charge is 0.207 e. The van der Waals surface area contributed by atoms with E-state index in [9.17, 15) is 0 Å². The van der Waals surface area contributed by atoms with Gasteiger partial charge < -0.3 is 9.13 Å². The van der Waals surface area contributed by atoms with Gasteiger partial charge in [-0.3, -0.25) is 0 Å². The Balaban J connectivity index is 1.26. The maximum atomic E-state index is 15.1. The Hall–Kier alpha value is -6.69. The zero-order valence-corrected chi connectivity index (χ0v) is 29.8.